The van der Waals surface area contributed by atoms with Gasteiger partial charge in [-0.1, -0.05) is 41.9 Å². The van der Waals surface area contributed by atoms with Gasteiger partial charge in [-0.2, -0.15) is 0 Å². The van der Waals surface area contributed by atoms with Crippen LogP contribution in [0.5, 0.6) is 0 Å². The highest BCUT2D eigenvalue weighted by Gasteiger charge is 2.32. The van der Waals surface area contributed by atoms with E-state index in [1.807, 2.05) is 35.6 Å². The first kappa shape index (κ1) is 16.5. The molecular formula is C18H19ClN3O2+. The molecule has 0 bridgehead atoms. The summed E-state index contributed by atoms with van der Waals surface area (Å²) < 4.78 is 0. The van der Waals surface area contributed by atoms with Crippen molar-refractivity contribution in [1.29, 1.82) is 0 Å². The normalized spacial score (nSPS) is 14.3. The zero-order valence-corrected chi connectivity index (χ0v) is 13.9. The maximum Gasteiger partial charge on any atom is 0.279 e. The number of halogens is 1. The molecule has 1 aliphatic rings. The van der Waals surface area contributed by atoms with Gasteiger partial charge in [0.15, 0.2) is 6.54 Å². The predicted molar refractivity (Wildman–Crippen MR) is 92.5 cm³/mol. The molecule has 2 aromatic rings. The monoisotopic (exact) mass is 344 g/mol. The highest BCUT2D eigenvalue weighted by molar-refractivity contribution is 6.30. The number of nitrogens with zero attached hydrogens (tertiary/aromatic N) is 2. The van der Waals surface area contributed by atoms with Crippen molar-refractivity contribution < 1.29 is 14.9 Å². The third-order valence-corrected chi connectivity index (χ3v) is 4.22. The van der Waals surface area contributed by atoms with E-state index in [-0.39, 0.29) is 18.4 Å². The van der Waals surface area contributed by atoms with Gasteiger partial charge in [0.05, 0.1) is 0 Å². The molecule has 3 rings (SSSR count). The molecule has 0 radical (unpaired) electrons. The third kappa shape index (κ3) is 3.93. The predicted octanol–water partition coefficient (Wildman–Crippen LogP) is 1.24. The second kappa shape index (κ2) is 7.47. The van der Waals surface area contributed by atoms with Gasteiger partial charge in [0, 0.05) is 16.3 Å². The average Bonchev–Trinajstić information content (AvgIpc) is 2.98. The first-order valence-corrected chi connectivity index (χ1v) is 8.20. The number of quaternary nitrogens is 1. The number of anilines is 1. The van der Waals surface area contributed by atoms with Gasteiger partial charge in [0.2, 0.25) is 5.91 Å². The quantitative estimate of drug-likeness (QED) is 0.887. The summed E-state index contributed by atoms with van der Waals surface area (Å²) in [6.45, 7) is 1.49. The van der Waals surface area contributed by atoms with E-state index in [9.17, 15) is 9.59 Å². The van der Waals surface area contributed by atoms with Gasteiger partial charge in [0.1, 0.15) is 19.8 Å². The van der Waals surface area contributed by atoms with Crippen LogP contribution in [0.1, 0.15) is 5.56 Å². The fraction of sp³-hybridized carbons (Fsp3) is 0.222. The van der Waals surface area contributed by atoms with Gasteiger partial charge < -0.3 is 10.2 Å². The van der Waals surface area contributed by atoms with Crippen LogP contribution in [0.3, 0.4) is 0 Å². The molecule has 1 heterocycles. The molecule has 2 aromatic carbocycles. The van der Waals surface area contributed by atoms with E-state index < -0.39 is 0 Å². The standard InChI is InChI=1S/C18H18ClN3O2/c19-15-6-8-16(9-7-15)22-13-21(12-18(22)24)17(23)11-20-10-14-4-2-1-3-5-14/h1-9,20H,10-13H2/p+1. The van der Waals surface area contributed by atoms with Crippen molar-refractivity contribution in [2.24, 2.45) is 0 Å². The summed E-state index contributed by atoms with van der Waals surface area (Å²) in [6, 6.07) is 17.0. The summed E-state index contributed by atoms with van der Waals surface area (Å²) in [5, 5.41) is 2.57. The number of carbonyl (C=O) groups excluding carboxylic acids is 2. The van der Waals surface area contributed by atoms with E-state index in [4.69, 9.17) is 11.6 Å². The minimum absolute atomic E-state index is 0.0317. The molecule has 0 aromatic heterocycles. The Morgan fingerprint density at radius 3 is 2.50 bits per heavy atom. The smallest absolute Gasteiger partial charge is 0.279 e. The van der Waals surface area contributed by atoms with E-state index in [1.54, 1.807) is 34.1 Å². The lowest BCUT2D eigenvalue weighted by atomic mass is 10.2. The largest absolute Gasteiger partial charge is 0.335 e. The van der Waals surface area contributed by atoms with Crippen molar-refractivity contribution in [1.82, 2.24) is 4.90 Å². The lowest BCUT2D eigenvalue weighted by Crippen LogP contribution is -2.85. The van der Waals surface area contributed by atoms with Crippen LogP contribution in [-0.4, -0.2) is 36.5 Å². The number of nitrogens with two attached hydrogens (primary N) is 1. The van der Waals surface area contributed by atoms with Crippen molar-refractivity contribution in [2.45, 2.75) is 6.54 Å². The first-order valence-electron chi connectivity index (χ1n) is 7.83. The van der Waals surface area contributed by atoms with E-state index in [2.05, 4.69) is 0 Å². The molecule has 6 heteroatoms. The Hall–Kier alpha value is -2.37. The van der Waals surface area contributed by atoms with Crippen molar-refractivity contribution >= 4 is 29.1 Å². The molecule has 1 fully saturated rings. The summed E-state index contributed by atoms with van der Waals surface area (Å²) in [4.78, 5) is 27.6. The van der Waals surface area contributed by atoms with Crippen LogP contribution in [-0.2, 0) is 16.1 Å². The topological polar surface area (TPSA) is 57.2 Å². The molecular weight excluding hydrogens is 326 g/mol. The Balaban J connectivity index is 1.53. The lowest BCUT2D eigenvalue weighted by Gasteiger charge is -2.17. The second-order valence-corrected chi connectivity index (χ2v) is 6.15. The second-order valence-electron chi connectivity index (χ2n) is 5.71. The summed E-state index contributed by atoms with van der Waals surface area (Å²) in [5.74, 6) is -0.107. The Bertz CT molecular complexity index is 719. The first-order chi connectivity index (χ1) is 11.6. The van der Waals surface area contributed by atoms with Gasteiger partial charge in [-0.25, -0.2) is 0 Å². The Morgan fingerprint density at radius 1 is 1.08 bits per heavy atom. The summed E-state index contributed by atoms with van der Waals surface area (Å²) in [6.07, 6.45) is 0. The minimum Gasteiger partial charge on any atom is -0.335 e. The van der Waals surface area contributed by atoms with Gasteiger partial charge in [-0.15, -0.1) is 0 Å². The van der Waals surface area contributed by atoms with Crippen molar-refractivity contribution in [3.63, 3.8) is 0 Å². The van der Waals surface area contributed by atoms with Crippen molar-refractivity contribution in [3.05, 3.63) is 65.2 Å². The number of hydrogen-bond acceptors (Lipinski definition) is 2. The molecule has 2 N–H and O–H groups in total. The molecule has 0 saturated carbocycles. The average molecular weight is 345 g/mol. The van der Waals surface area contributed by atoms with Crippen molar-refractivity contribution in [2.75, 3.05) is 24.7 Å². The van der Waals surface area contributed by atoms with Crippen LogP contribution in [0, 0.1) is 0 Å². The summed E-state index contributed by atoms with van der Waals surface area (Å²) >= 11 is 5.87. The van der Waals surface area contributed by atoms with Crippen LogP contribution in [0.2, 0.25) is 5.02 Å². The van der Waals surface area contributed by atoms with E-state index in [1.165, 1.54) is 5.56 Å². The zero-order chi connectivity index (χ0) is 16.9. The minimum atomic E-state index is -0.0752. The molecule has 0 spiro atoms. The number of benzene rings is 2. The fourth-order valence-electron chi connectivity index (χ4n) is 2.67. The number of rotatable bonds is 5. The Labute approximate surface area is 145 Å². The summed E-state index contributed by atoms with van der Waals surface area (Å²) in [7, 11) is 0. The van der Waals surface area contributed by atoms with Crippen LogP contribution < -0.4 is 10.2 Å². The molecule has 1 saturated heterocycles. The lowest BCUT2D eigenvalue weighted by molar-refractivity contribution is -0.660. The SMILES string of the molecule is O=C(C[NH2+]Cc1ccccc1)N1CC(=O)N(c2ccc(Cl)cc2)C1. The molecule has 1 aliphatic heterocycles. The number of carbonyl (C=O) groups is 2. The van der Waals surface area contributed by atoms with E-state index >= 15 is 0 Å². The fourth-order valence-corrected chi connectivity index (χ4v) is 2.79. The van der Waals surface area contributed by atoms with Crippen LogP contribution >= 0.6 is 11.6 Å². The molecule has 5 nitrogen and oxygen atoms in total. The molecule has 0 atom stereocenters. The molecule has 24 heavy (non-hydrogen) atoms. The van der Waals surface area contributed by atoms with E-state index in [0.29, 0.717) is 18.2 Å². The van der Waals surface area contributed by atoms with Gasteiger partial charge in [0.25, 0.3) is 5.91 Å². The van der Waals surface area contributed by atoms with Gasteiger partial charge in [-0.3, -0.25) is 14.5 Å². The number of amides is 2. The zero-order valence-electron chi connectivity index (χ0n) is 13.2. The maximum atomic E-state index is 12.3. The highest BCUT2D eigenvalue weighted by Crippen LogP contribution is 2.21. The van der Waals surface area contributed by atoms with Gasteiger partial charge >= 0.3 is 0 Å². The Kier molecular flexibility index (Phi) is 5.13. The molecule has 2 amide bonds. The van der Waals surface area contributed by atoms with Crippen LogP contribution in [0.25, 0.3) is 0 Å². The highest BCUT2D eigenvalue weighted by atomic mass is 35.5. The summed E-state index contributed by atoms with van der Waals surface area (Å²) in [5.41, 5.74) is 1.93. The maximum absolute atomic E-state index is 12.3. The molecule has 0 unspecified atom stereocenters. The van der Waals surface area contributed by atoms with Gasteiger partial charge in [-0.05, 0) is 24.3 Å². The number of hydrogen-bond donors (Lipinski definition) is 1. The van der Waals surface area contributed by atoms with Crippen LogP contribution in [0.15, 0.2) is 54.6 Å². The molecule has 0 aliphatic carbocycles. The Morgan fingerprint density at radius 2 is 1.79 bits per heavy atom. The van der Waals surface area contributed by atoms with E-state index in [0.717, 1.165) is 12.2 Å². The molecule has 124 valence electrons. The third-order valence-electron chi connectivity index (χ3n) is 3.97. The van der Waals surface area contributed by atoms with Crippen molar-refractivity contribution in [3.8, 4) is 0 Å². The van der Waals surface area contributed by atoms with Crippen LogP contribution in [0.4, 0.5) is 5.69 Å².